The maximum absolute atomic E-state index is 4.04. The first kappa shape index (κ1) is 54.6. The van der Waals surface area contributed by atoms with Crippen LogP contribution in [0.25, 0.3) is 85.5 Å². The fourth-order valence-corrected chi connectivity index (χ4v) is 15.1. The molecule has 2 nitrogen and oxygen atoms in total. The zero-order valence-electron chi connectivity index (χ0n) is 48.1. The quantitative estimate of drug-likeness (QED) is 0.0667. The lowest BCUT2D eigenvalue weighted by Crippen LogP contribution is -2.10. The predicted molar refractivity (Wildman–Crippen MR) is 364 cm³/mol. The first-order chi connectivity index (χ1) is 40.4. The molecule has 0 amide bonds. The highest BCUT2D eigenvalue weighted by molar-refractivity contribution is 7.30. The van der Waals surface area contributed by atoms with E-state index >= 15 is 0 Å². The second kappa shape index (κ2) is 24.6. The predicted octanol–water partition coefficient (Wildman–Crippen LogP) is 24.7. The molecule has 12 aromatic rings. The van der Waals surface area contributed by atoms with Gasteiger partial charge in [-0.25, -0.2) is 0 Å². The Balaban J connectivity index is 1.01. The molecule has 0 radical (unpaired) electrons. The van der Waals surface area contributed by atoms with E-state index in [1.54, 1.807) is 11.1 Å². The minimum atomic E-state index is 0.676. The van der Waals surface area contributed by atoms with Crippen LogP contribution in [0.15, 0.2) is 219 Å². The third kappa shape index (κ3) is 11.0. The standard InChI is InChI=1S/C78H74N2S2/c1-7-13-21-55(11-5)47-61-49-69-70(50-62(61)48-56(12-6)22-14-8-2)72-52-76(60-37-45-66(46-38-60)80(64-41-33-54(10-4)34-42-64)74-30-20-26-58-24-16-18-28-68(58)74)82-78(72)77-71(69)51-75(81-77)59-35-43-65(44-36-59)79(63-39-31-53(9-3)32-40-63)73-29-19-25-57-23-15-17-27-67(57)73/h9-10,15-20,23-46,49-52,55-56H,3-4,7-8,11-14,21-22,47-48H2,1-2,5-6H3. The van der Waals surface area contributed by atoms with Gasteiger partial charge in [-0.2, -0.15) is 0 Å². The fourth-order valence-electron chi connectivity index (χ4n) is 12.6. The summed E-state index contributed by atoms with van der Waals surface area (Å²) in [6, 6.07) is 77.2. The second-order valence-corrected chi connectivity index (χ2v) is 24.6. The van der Waals surface area contributed by atoms with Crippen LogP contribution in [0.4, 0.5) is 34.1 Å². The average molecular weight is 1100 g/mol. The summed E-state index contributed by atoms with van der Waals surface area (Å²) in [5, 5.41) is 10.4. The molecule has 0 aliphatic carbocycles. The highest BCUT2D eigenvalue weighted by Gasteiger charge is 2.23. The van der Waals surface area contributed by atoms with E-state index in [4.69, 9.17) is 0 Å². The van der Waals surface area contributed by atoms with Gasteiger partial charge in [-0.3, -0.25) is 0 Å². The Bertz CT molecular complexity index is 3910. The summed E-state index contributed by atoms with van der Waals surface area (Å²) < 4.78 is 2.76. The molecule has 0 N–H and O–H groups in total. The Morgan fingerprint density at radius 1 is 0.390 bits per heavy atom. The molecule has 0 bridgehead atoms. The van der Waals surface area contributed by atoms with Crippen molar-refractivity contribution >= 4 is 121 Å². The molecule has 0 spiro atoms. The van der Waals surface area contributed by atoms with Gasteiger partial charge in [-0.15, -0.1) is 22.7 Å². The summed E-state index contributed by atoms with van der Waals surface area (Å²) in [7, 11) is 0. The number of nitrogens with zero attached hydrogens (tertiary/aromatic N) is 2. The van der Waals surface area contributed by atoms with Crippen molar-refractivity contribution in [2.75, 3.05) is 9.80 Å². The third-order valence-electron chi connectivity index (χ3n) is 17.3. The monoisotopic (exact) mass is 1100 g/mol. The van der Waals surface area contributed by atoms with Gasteiger partial charge < -0.3 is 9.80 Å². The first-order valence-electron chi connectivity index (χ1n) is 30.0. The molecule has 2 unspecified atom stereocenters. The normalized spacial score (nSPS) is 12.4. The summed E-state index contributed by atoms with van der Waals surface area (Å²) >= 11 is 3.92. The van der Waals surface area contributed by atoms with E-state index in [1.807, 2.05) is 34.8 Å². The third-order valence-corrected chi connectivity index (χ3v) is 19.8. The molecule has 10 aromatic carbocycles. The largest absolute Gasteiger partial charge is 0.310 e. The average Bonchev–Trinajstić information content (AvgIpc) is 3.81. The lowest BCUT2D eigenvalue weighted by atomic mass is 9.83. The maximum atomic E-state index is 4.04. The molecule has 2 atom stereocenters. The van der Waals surface area contributed by atoms with Crippen LogP contribution in [0.2, 0.25) is 0 Å². The Hall–Kier alpha value is -8.02. The lowest BCUT2D eigenvalue weighted by Gasteiger charge is -2.27. The summed E-state index contributed by atoms with van der Waals surface area (Å²) in [4.78, 5) is 7.39. The van der Waals surface area contributed by atoms with Crippen molar-refractivity contribution in [3.8, 4) is 20.9 Å². The molecule has 0 aliphatic heterocycles. The summed E-state index contributed by atoms with van der Waals surface area (Å²) in [5.41, 5.74) is 14.6. The molecule has 12 rings (SSSR count). The Kier molecular flexibility index (Phi) is 16.4. The van der Waals surface area contributed by atoms with Gasteiger partial charge in [0, 0.05) is 54.0 Å². The van der Waals surface area contributed by atoms with Gasteiger partial charge in [0.05, 0.1) is 20.8 Å². The van der Waals surface area contributed by atoms with Gasteiger partial charge in [0.15, 0.2) is 0 Å². The number of unbranched alkanes of at least 4 members (excludes halogenated alkanes) is 2. The molecule has 2 heterocycles. The Morgan fingerprint density at radius 2 is 0.756 bits per heavy atom. The van der Waals surface area contributed by atoms with Crippen LogP contribution < -0.4 is 9.80 Å². The van der Waals surface area contributed by atoms with E-state index in [2.05, 4.69) is 257 Å². The maximum Gasteiger partial charge on any atom is 0.0540 e. The van der Waals surface area contributed by atoms with E-state index in [9.17, 15) is 0 Å². The summed E-state index contributed by atoms with van der Waals surface area (Å²) in [6.07, 6.45) is 16.2. The zero-order chi connectivity index (χ0) is 56.1. The van der Waals surface area contributed by atoms with Gasteiger partial charge in [-0.1, -0.05) is 238 Å². The van der Waals surface area contributed by atoms with Crippen LogP contribution in [0, 0.1) is 11.8 Å². The van der Waals surface area contributed by atoms with Crippen molar-refractivity contribution in [1.29, 1.82) is 0 Å². The number of fused-ring (bicyclic) bond motifs is 8. The number of hydrogen-bond acceptors (Lipinski definition) is 4. The fraction of sp³-hybridized carbons (Fsp3) is 0.205. The van der Waals surface area contributed by atoms with Gasteiger partial charge in [0.2, 0.25) is 0 Å². The van der Waals surface area contributed by atoms with Gasteiger partial charge in [-0.05, 0) is 152 Å². The van der Waals surface area contributed by atoms with Gasteiger partial charge in [0.25, 0.3) is 0 Å². The van der Waals surface area contributed by atoms with Crippen LogP contribution in [0.3, 0.4) is 0 Å². The van der Waals surface area contributed by atoms with Crippen molar-refractivity contribution in [2.24, 2.45) is 11.8 Å². The smallest absolute Gasteiger partial charge is 0.0540 e. The van der Waals surface area contributed by atoms with Crippen LogP contribution in [0.5, 0.6) is 0 Å². The number of benzene rings is 10. The van der Waals surface area contributed by atoms with Crippen molar-refractivity contribution in [3.63, 3.8) is 0 Å². The second-order valence-electron chi connectivity index (χ2n) is 22.5. The molecule has 2 aromatic heterocycles. The number of rotatable bonds is 22. The Morgan fingerprint density at radius 3 is 1.12 bits per heavy atom. The van der Waals surface area contributed by atoms with Crippen molar-refractivity contribution in [1.82, 2.24) is 0 Å². The summed E-state index contributed by atoms with van der Waals surface area (Å²) in [6.45, 7) is 17.6. The van der Waals surface area contributed by atoms with Gasteiger partial charge >= 0.3 is 0 Å². The van der Waals surface area contributed by atoms with E-state index in [0.717, 1.165) is 58.1 Å². The Labute approximate surface area is 494 Å². The molecule has 82 heavy (non-hydrogen) atoms. The molecule has 0 fully saturated rings. The van der Waals surface area contributed by atoms with E-state index < -0.39 is 0 Å². The molecule has 408 valence electrons. The zero-order valence-corrected chi connectivity index (χ0v) is 49.8. The number of hydrogen-bond donors (Lipinski definition) is 0. The molecule has 4 heteroatoms. The molecule has 0 saturated carbocycles. The van der Waals surface area contributed by atoms with Gasteiger partial charge in [0.1, 0.15) is 0 Å². The van der Waals surface area contributed by atoms with Crippen LogP contribution >= 0.6 is 22.7 Å². The SMILES string of the molecule is C=Cc1ccc(N(c2ccc(-c3cc4c5cc(CC(CC)CCCC)c(CC(CC)CCCC)cc5c5cc(-c6ccc(N(c7ccc(C=C)cc7)c7cccc8ccccc78)cc6)sc5c4s3)cc2)c2cccc3ccccc23)cc1. The van der Waals surface area contributed by atoms with Crippen molar-refractivity contribution < 1.29 is 0 Å². The first-order valence-corrected chi connectivity index (χ1v) is 31.7. The van der Waals surface area contributed by atoms with E-state index in [1.165, 1.54) is 125 Å². The topological polar surface area (TPSA) is 6.48 Å². The highest BCUT2D eigenvalue weighted by Crippen LogP contribution is 2.50. The highest BCUT2D eigenvalue weighted by atomic mass is 32.1. The lowest BCUT2D eigenvalue weighted by molar-refractivity contribution is 0.434. The minimum Gasteiger partial charge on any atom is -0.310 e. The number of thiophene rings is 2. The van der Waals surface area contributed by atoms with Crippen LogP contribution in [0.1, 0.15) is 101 Å². The van der Waals surface area contributed by atoms with Crippen LogP contribution in [-0.4, -0.2) is 0 Å². The van der Waals surface area contributed by atoms with Crippen molar-refractivity contribution in [3.05, 3.63) is 242 Å². The molecular formula is C78H74N2S2. The van der Waals surface area contributed by atoms with E-state index in [-0.39, 0.29) is 0 Å². The van der Waals surface area contributed by atoms with Crippen LogP contribution in [-0.2, 0) is 12.8 Å². The minimum absolute atomic E-state index is 0.676. The number of anilines is 6. The van der Waals surface area contributed by atoms with E-state index in [0.29, 0.717) is 11.8 Å². The molecule has 0 aliphatic rings. The molecular weight excluding hydrogens is 1030 g/mol. The summed E-state index contributed by atoms with van der Waals surface area (Å²) in [5.74, 6) is 1.35. The van der Waals surface area contributed by atoms with Crippen molar-refractivity contribution in [2.45, 2.75) is 91.9 Å². The molecule has 0 saturated heterocycles.